The summed E-state index contributed by atoms with van der Waals surface area (Å²) in [6.07, 6.45) is 0. The number of rotatable bonds is 2. The first-order valence-corrected chi connectivity index (χ1v) is 2.73. The normalized spacial score (nSPS) is 18.1. The first kappa shape index (κ1) is 7.13. The molecule has 0 aliphatic rings. The molecular weight excluding hydrogens is 81.7 g/mol. The van der Waals surface area contributed by atoms with Gasteiger partial charge in [0.1, 0.15) is 7.28 Å². The fourth-order valence-electron chi connectivity index (χ4n) is 0.304. The fourth-order valence-corrected chi connectivity index (χ4v) is 0.304. The van der Waals surface area contributed by atoms with Crippen LogP contribution in [-0.2, 0) is 0 Å². The Balaban J connectivity index is 3.14. The lowest BCUT2D eigenvalue weighted by molar-refractivity contribution is 0.866. The Kier molecular flexibility index (Phi) is 3.23. The van der Waals surface area contributed by atoms with Crippen LogP contribution in [-0.4, -0.2) is 15.1 Å². The van der Waals surface area contributed by atoms with E-state index in [1.165, 1.54) is 0 Å². The summed E-state index contributed by atoms with van der Waals surface area (Å²) in [5.41, 5.74) is 0. The van der Waals surface area contributed by atoms with Crippen molar-refractivity contribution in [3.05, 3.63) is 0 Å². The van der Waals surface area contributed by atoms with Crippen molar-refractivity contribution in [2.24, 2.45) is 0 Å². The Bertz CT molecular complexity index is 43.3. The SMILES string of the molecule is [B]C(C)C(C)[B]C. The third-order valence-electron chi connectivity index (χ3n) is 1.36. The Morgan fingerprint density at radius 3 is 1.86 bits per heavy atom. The number of hydrogen-bond acceptors (Lipinski definition) is 0. The second-order valence-electron chi connectivity index (χ2n) is 2.05. The minimum absolute atomic E-state index is 0.310. The van der Waals surface area contributed by atoms with Crippen LogP contribution < -0.4 is 0 Å². The molecule has 0 aliphatic carbocycles. The molecule has 0 aromatic rings. The van der Waals surface area contributed by atoms with Crippen LogP contribution in [0, 0.1) is 0 Å². The minimum Gasteiger partial charge on any atom is -0.0917 e. The van der Waals surface area contributed by atoms with Crippen LogP contribution >= 0.6 is 0 Å². The smallest absolute Gasteiger partial charge is 0.0917 e. The van der Waals surface area contributed by atoms with Crippen LogP contribution in [0.25, 0.3) is 0 Å². The average Bonchev–Trinajstić information content (AvgIpc) is 1.65. The molecule has 0 rings (SSSR count). The molecule has 2 heteroatoms. The van der Waals surface area contributed by atoms with E-state index in [1.54, 1.807) is 0 Å². The van der Waals surface area contributed by atoms with E-state index in [0.717, 1.165) is 0 Å². The van der Waals surface area contributed by atoms with Crippen molar-refractivity contribution in [2.75, 3.05) is 0 Å². The molecule has 0 fully saturated rings. The van der Waals surface area contributed by atoms with Crippen LogP contribution in [0.2, 0.25) is 18.5 Å². The van der Waals surface area contributed by atoms with Crippen molar-refractivity contribution in [1.29, 1.82) is 0 Å². The highest BCUT2D eigenvalue weighted by Crippen LogP contribution is 2.16. The van der Waals surface area contributed by atoms with Gasteiger partial charge in [0, 0.05) is 0 Å². The summed E-state index contributed by atoms with van der Waals surface area (Å²) in [5.74, 6) is 0.866. The van der Waals surface area contributed by atoms with Gasteiger partial charge in [0.25, 0.3) is 0 Å². The van der Waals surface area contributed by atoms with Gasteiger partial charge < -0.3 is 0 Å². The Morgan fingerprint density at radius 1 is 1.43 bits per heavy atom. The Labute approximate surface area is 48.3 Å². The summed E-state index contributed by atoms with van der Waals surface area (Å²) in [7, 11) is 7.63. The van der Waals surface area contributed by atoms with E-state index >= 15 is 0 Å². The molecule has 2 unspecified atom stereocenters. The molecule has 0 spiro atoms. The van der Waals surface area contributed by atoms with Crippen molar-refractivity contribution < 1.29 is 0 Å². The molecule has 37 valence electrons. The fraction of sp³-hybridized carbons (Fsp3) is 1.00. The monoisotopic (exact) mass is 93.1 g/mol. The predicted molar refractivity (Wildman–Crippen MR) is 36.2 cm³/mol. The van der Waals surface area contributed by atoms with Crippen molar-refractivity contribution >= 4 is 15.1 Å². The van der Waals surface area contributed by atoms with Gasteiger partial charge in [0.2, 0.25) is 0 Å². The maximum Gasteiger partial charge on any atom is 0.109 e. The molecule has 0 N–H and O–H groups in total. The second-order valence-corrected chi connectivity index (χ2v) is 2.05. The van der Waals surface area contributed by atoms with Gasteiger partial charge in [-0.1, -0.05) is 32.3 Å². The average molecular weight is 92.8 g/mol. The van der Waals surface area contributed by atoms with E-state index in [4.69, 9.17) is 7.85 Å². The van der Waals surface area contributed by atoms with Crippen LogP contribution in [0.4, 0.5) is 0 Å². The summed E-state index contributed by atoms with van der Waals surface area (Å²) >= 11 is 0. The third-order valence-corrected chi connectivity index (χ3v) is 1.36. The lowest BCUT2D eigenvalue weighted by atomic mass is 9.57. The largest absolute Gasteiger partial charge is 0.109 e. The van der Waals surface area contributed by atoms with E-state index in [1.807, 2.05) is 13.7 Å². The molecule has 0 aromatic carbocycles. The third kappa shape index (κ3) is 2.78. The minimum atomic E-state index is 0.310. The zero-order chi connectivity index (χ0) is 5.86. The molecule has 0 aliphatic heterocycles. The summed E-state index contributed by atoms with van der Waals surface area (Å²) in [5, 5.41) is 0. The van der Waals surface area contributed by atoms with Crippen LogP contribution in [0.3, 0.4) is 0 Å². The summed E-state index contributed by atoms with van der Waals surface area (Å²) in [4.78, 5) is 0. The zero-order valence-electron chi connectivity index (χ0n) is 5.31. The van der Waals surface area contributed by atoms with E-state index in [0.29, 0.717) is 11.6 Å². The molecule has 0 heterocycles. The molecule has 0 saturated carbocycles. The Morgan fingerprint density at radius 2 is 1.86 bits per heavy atom. The summed E-state index contributed by atoms with van der Waals surface area (Å²) in [6, 6.07) is 0. The standard InChI is InChI=1S/C5H11B2/c1-4(6)5(2)7-3/h4-5H,1-3H3. The van der Waals surface area contributed by atoms with Crippen LogP contribution in [0.1, 0.15) is 13.8 Å². The molecule has 2 atom stereocenters. The Hall–Kier alpha value is 0.130. The molecule has 3 radical (unpaired) electrons. The number of hydrogen-bond donors (Lipinski definition) is 0. The van der Waals surface area contributed by atoms with Crippen molar-refractivity contribution in [2.45, 2.75) is 32.3 Å². The van der Waals surface area contributed by atoms with Crippen LogP contribution in [0.5, 0.6) is 0 Å². The van der Waals surface area contributed by atoms with Gasteiger partial charge in [0.15, 0.2) is 0 Å². The van der Waals surface area contributed by atoms with E-state index < -0.39 is 0 Å². The van der Waals surface area contributed by atoms with Gasteiger partial charge >= 0.3 is 0 Å². The van der Waals surface area contributed by atoms with Gasteiger partial charge in [-0.25, -0.2) is 0 Å². The molecule has 0 nitrogen and oxygen atoms in total. The summed E-state index contributed by atoms with van der Waals surface area (Å²) < 4.78 is 0. The molecule has 0 aromatic heterocycles. The van der Waals surface area contributed by atoms with Crippen molar-refractivity contribution in [1.82, 2.24) is 0 Å². The highest BCUT2D eigenvalue weighted by atomic mass is 13.9. The second kappa shape index (κ2) is 3.17. The van der Waals surface area contributed by atoms with Crippen molar-refractivity contribution in [3.63, 3.8) is 0 Å². The van der Waals surface area contributed by atoms with Gasteiger partial charge in [-0.15, -0.1) is 0 Å². The topological polar surface area (TPSA) is 0 Å². The first-order chi connectivity index (χ1) is 3.18. The molecule has 0 bridgehead atoms. The first-order valence-electron chi connectivity index (χ1n) is 2.73. The van der Waals surface area contributed by atoms with Gasteiger partial charge in [-0.05, 0) is 0 Å². The molecule has 7 heavy (non-hydrogen) atoms. The van der Waals surface area contributed by atoms with Gasteiger partial charge in [0.05, 0.1) is 7.85 Å². The molecule has 0 saturated heterocycles. The zero-order valence-corrected chi connectivity index (χ0v) is 5.31. The van der Waals surface area contributed by atoms with Gasteiger partial charge in [-0.3, -0.25) is 0 Å². The molecular formula is C5H11B2. The quantitative estimate of drug-likeness (QED) is 0.454. The lowest BCUT2D eigenvalue weighted by Gasteiger charge is -2.10. The predicted octanol–water partition coefficient (Wildman–Crippen LogP) is 1.52. The van der Waals surface area contributed by atoms with Gasteiger partial charge in [-0.2, -0.15) is 0 Å². The summed E-state index contributed by atoms with van der Waals surface area (Å²) in [6.45, 7) is 6.17. The van der Waals surface area contributed by atoms with E-state index in [9.17, 15) is 0 Å². The maximum atomic E-state index is 5.52. The highest BCUT2D eigenvalue weighted by Gasteiger charge is 2.01. The maximum absolute atomic E-state index is 5.52. The molecule has 0 amide bonds. The van der Waals surface area contributed by atoms with Crippen molar-refractivity contribution in [3.8, 4) is 0 Å². The van der Waals surface area contributed by atoms with E-state index in [-0.39, 0.29) is 0 Å². The van der Waals surface area contributed by atoms with E-state index in [2.05, 4.69) is 14.2 Å². The lowest BCUT2D eigenvalue weighted by Crippen LogP contribution is -2.00. The van der Waals surface area contributed by atoms with Crippen LogP contribution in [0.15, 0.2) is 0 Å². The highest BCUT2D eigenvalue weighted by molar-refractivity contribution is 6.38.